The maximum absolute atomic E-state index is 11.9. The van der Waals surface area contributed by atoms with Gasteiger partial charge in [0.15, 0.2) is 0 Å². The number of benzene rings is 1. The molecule has 0 saturated carbocycles. The fourth-order valence-corrected chi connectivity index (χ4v) is 2.72. The fourth-order valence-electron chi connectivity index (χ4n) is 2.72. The maximum atomic E-state index is 11.9. The Bertz CT molecular complexity index is 414. The van der Waals surface area contributed by atoms with Gasteiger partial charge in [-0.3, -0.25) is 4.79 Å². The van der Waals surface area contributed by atoms with Crippen LogP contribution in [0.4, 0.5) is 0 Å². The third kappa shape index (κ3) is 5.86. The summed E-state index contributed by atoms with van der Waals surface area (Å²) in [6, 6.07) is 10.2. The Kier molecular flexibility index (Phi) is 6.70. The van der Waals surface area contributed by atoms with Crippen LogP contribution in [0, 0.1) is 0 Å². The van der Waals surface area contributed by atoms with Gasteiger partial charge in [-0.15, -0.1) is 0 Å². The third-order valence-corrected chi connectivity index (χ3v) is 3.84. The second-order valence-electron chi connectivity index (χ2n) is 5.66. The number of carbonyl (C=O) groups is 1. The topological polar surface area (TPSA) is 41.6 Å². The average molecular weight is 290 g/mol. The van der Waals surface area contributed by atoms with Crippen molar-refractivity contribution in [3.8, 4) is 0 Å². The molecule has 1 N–H and O–H groups in total. The molecular formula is C17H26N2O2. The van der Waals surface area contributed by atoms with Crippen molar-refractivity contribution in [2.24, 2.45) is 0 Å². The highest BCUT2D eigenvalue weighted by molar-refractivity contribution is 5.77. The summed E-state index contributed by atoms with van der Waals surface area (Å²) in [5.74, 6) is -0.000118. The summed E-state index contributed by atoms with van der Waals surface area (Å²) >= 11 is 0. The molecular weight excluding hydrogens is 264 g/mol. The molecule has 1 aromatic carbocycles. The molecule has 4 nitrogen and oxygen atoms in total. The molecule has 2 rings (SSSR count). The number of likely N-dealkylation sites (tertiary alicyclic amines) is 1. The van der Waals surface area contributed by atoms with Crippen LogP contribution in [0.5, 0.6) is 0 Å². The summed E-state index contributed by atoms with van der Waals surface area (Å²) in [5, 5.41) is 3.08. The van der Waals surface area contributed by atoms with Crippen molar-refractivity contribution in [1.82, 2.24) is 10.2 Å². The molecule has 21 heavy (non-hydrogen) atoms. The van der Waals surface area contributed by atoms with Gasteiger partial charge in [0.25, 0.3) is 0 Å². The standard InChI is InChI=1S/C17H26N2O2/c1-2-10-19-11-8-16(9-12-19)18-17(20)14-21-13-15-6-4-3-5-7-15/h3-7,16H,2,8-14H2,1H3,(H,18,20). The van der Waals surface area contributed by atoms with Crippen molar-refractivity contribution in [2.45, 2.75) is 38.8 Å². The smallest absolute Gasteiger partial charge is 0.246 e. The van der Waals surface area contributed by atoms with E-state index in [1.807, 2.05) is 30.3 Å². The SMILES string of the molecule is CCCN1CCC(NC(=O)COCc2ccccc2)CC1. The number of rotatable bonds is 7. The van der Waals surface area contributed by atoms with Gasteiger partial charge in [-0.1, -0.05) is 37.3 Å². The Labute approximate surface area is 127 Å². The quantitative estimate of drug-likeness (QED) is 0.837. The van der Waals surface area contributed by atoms with Crippen molar-refractivity contribution >= 4 is 5.91 Å². The van der Waals surface area contributed by atoms with Crippen LogP contribution in [0.15, 0.2) is 30.3 Å². The van der Waals surface area contributed by atoms with Crippen LogP contribution in [0.1, 0.15) is 31.7 Å². The highest BCUT2D eigenvalue weighted by Crippen LogP contribution is 2.10. The van der Waals surface area contributed by atoms with Gasteiger partial charge >= 0.3 is 0 Å². The van der Waals surface area contributed by atoms with Gasteiger partial charge in [-0.2, -0.15) is 0 Å². The summed E-state index contributed by atoms with van der Waals surface area (Å²) in [6.45, 7) is 6.18. The summed E-state index contributed by atoms with van der Waals surface area (Å²) in [7, 11) is 0. The lowest BCUT2D eigenvalue weighted by Crippen LogP contribution is -2.45. The molecule has 4 heteroatoms. The number of ether oxygens (including phenoxy) is 1. The van der Waals surface area contributed by atoms with Gasteiger partial charge < -0.3 is 15.0 Å². The molecule has 0 aromatic heterocycles. The Hall–Kier alpha value is -1.39. The summed E-state index contributed by atoms with van der Waals surface area (Å²) in [4.78, 5) is 14.3. The minimum absolute atomic E-state index is 0.000118. The average Bonchev–Trinajstić information content (AvgIpc) is 2.51. The Morgan fingerprint density at radius 3 is 2.67 bits per heavy atom. The van der Waals surface area contributed by atoms with E-state index in [1.54, 1.807) is 0 Å². The van der Waals surface area contributed by atoms with Crippen LogP contribution in [0.2, 0.25) is 0 Å². The number of hydrogen-bond donors (Lipinski definition) is 1. The molecule has 116 valence electrons. The molecule has 1 aliphatic rings. The van der Waals surface area contributed by atoms with Gasteiger partial charge in [0.2, 0.25) is 5.91 Å². The van der Waals surface area contributed by atoms with E-state index in [-0.39, 0.29) is 12.5 Å². The second-order valence-corrected chi connectivity index (χ2v) is 5.66. The zero-order valence-electron chi connectivity index (χ0n) is 12.9. The zero-order valence-corrected chi connectivity index (χ0v) is 12.9. The number of nitrogens with one attached hydrogen (secondary N) is 1. The molecule has 1 amide bonds. The van der Waals surface area contributed by atoms with Crippen LogP contribution >= 0.6 is 0 Å². The van der Waals surface area contributed by atoms with Crippen molar-refractivity contribution in [3.63, 3.8) is 0 Å². The monoisotopic (exact) mass is 290 g/mol. The lowest BCUT2D eigenvalue weighted by atomic mass is 10.0. The summed E-state index contributed by atoms with van der Waals surface area (Å²) in [6.07, 6.45) is 3.29. The van der Waals surface area contributed by atoms with E-state index in [0.29, 0.717) is 12.6 Å². The molecule has 0 spiro atoms. The maximum Gasteiger partial charge on any atom is 0.246 e. The largest absolute Gasteiger partial charge is 0.367 e. The first-order valence-electron chi connectivity index (χ1n) is 7.91. The predicted octanol–water partition coefficient (Wildman–Crippen LogP) is 2.19. The second kappa shape index (κ2) is 8.80. The van der Waals surface area contributed by atoms with E-state index in [0.717, 1.165) is 31.5 Å². The normalized spacial score (nSPS) is 16.8. The Balaban J connectivity index is 1.60. The Morgan fingerprint density at radius 2 is 2.00 bits per heavy atom. The van der Waals surface area contributed by atoms with E-state index in [9.17, 15) is 4.79 Å². The Morgan fingerprint density at radius 1 is 1.29 bits per heavy atom. The first-order valence-corrected chi connectivity index (χ1v) is 7.91. The molecule has 0 bridgehead atoms. The highest BCUT2D eigenvalue weighted by Gasteiger charge is 2.19. The minimum Gasteiger partial charge on any atom is -0.367 e. The van der Waals surface area contributed by atoms with E-state index in [1.165, 1.54) is 13.0 Å². The van der Waals surface area contributed by atoms with Crippen molar-refractivity contribution in [2.75, 3.05) is 26.2 Å². The molecule has 0 radical (unpaired) electrons. The van der Waals surface area contributed by atoms with Crippen molar-refractivity contribution in [1.29, 1.82) is 0 Å². The third-order valence-electron chi connectivity index (χ3n) is 3.84. The van der Waals surface area contributed by atoms with Gasteiger partial charge in [-0.05, 0) is 31.4 Å². The molecule has 1 aromatic rings. The minimum atomic E-state index is -0.000118. The van der Waals surface area contributed by atoms with E-state index in [2.05, 4.69) is 17.1 Å². The van der Waals surface area contributed by atoms with E-state index < -0.39 is 0 Å². The van der Waals surface area contributed by atoms with Gasteiger partial charge in [-0.25, -0.2) is 0 Å². The van der Waals surface area contributed by atoms with Crippen LogP contribution in [-0.4, -0.2) is 43.1 Å². The molecule has 0 aliphatic carbocycles. The van der Waals surface area contributed by atoms with Gasteiger partial charge in [0, 0.05) is 19.1 Å². The summed E-state index contributed by atoms with van der Waals surface area (Å²) < 4.78 is 5.46. The van der Waals surface area contributed by atoms with Crippen LogP contribution < -0.4 is 5.32 Å². The first-order chi connectivity index (χ1) is 10.3. The molecule has 1 aliphatic heterocycles. The number of piperidine rings is 1. The van der Waals surface area contributed by atoms with Gasteiger partial charge in [0.1, 0.15) is 6.61 Å². The van der Waals surface area contributed by atoms with Crippen molar-refractivity contribution in [3.05, 3.63) is 35.9 Å². The van der Waals surface area contributed by atoms with Crippen molar-refractivity contribution < 1.29 is 9.53 Å². The molecule has 1 heterocycles. The van der Waals surface area contributed by atoms with Gasteiger partial charge in [0.05, 0.1) is 6.61 Å². The lowest BCUT2D eigenvalue weighted by molar-refractivity contribution is -0.127. The fraction of sp³-hybridized carbons (Fsp3) is 0.588. The number of carbonyl (C=O) groups excluding carboxylic acids is 1. The molecule has 1 saturated heterocycles. The molecule has 1 fully saturated rings. The molecule has 0 atom stereocenters. The van der Waals surface area contributed by atoms with E-state index in [4.69, 9.17) is 4.74 Å². The zero-order chi connectivity index (χ0) is 14.9. The molecule has 0 unspecified atom stereocenters. The predicted molar refractivity (Wildman–Crippen MR) is 84.0 cm³/mol. The highest BCUT2D eigenvalue weighted by atomic mass is 16.5. The number of hydrogen-bond acceptors (Lipinski definition) is 3. The van der Waals surface area contributed by atoms with E-state index >= 15 is 0 Å². The number of nitrogens with zero attached hydrogens (tertiary/aromatic N) is 1. The van der Waals surface area contributed by atoms with Crippen LogP contribution in [0.3, 0.4) is 0 Å². The summed E-state index contributed by atoms with van der Waals surface area (Å²) in [5.41, 5.74) is 1.10. The number of amides is 1. The van der Waals surface area contributed by atoms with Crippen LogP contribution in [0.25, 0.3) is 0 Å². The lowest BCUT2D eigenvalue weighted by Gasteiger charge is -2.32. The van der Waals surface area contributed by atoms with Crippen LogP contribution in [-0.2, 0) is 16.1 Å². The first kappa shape index (κ1) is 16.0.